The number of hydrogen-bond acceptors (Lipinski definition) is 7. The van der Waals surface area contributed by atoms with E-state index >= 15 is 0 Å². The van der Waals surface area contributed by atoms with E-state index in [1.807, 2.05) is 57.2 Å². The summed E-state index contributed by atoms with van der Waals surface area (Å²) >= 11 is 0. The molecule has 0 radical (unpaired) electrons. The maximum Gasteiger partial charge on any atom is 0.500 e. The number of benzene rings is 2. The lowest BCUT2D eigenvalue weighted by Gasteiger charge is -2.28. The summed E-state index contributed by atoms with van der Waals surface area (Å²) in [4.78, 5) is 22.6. The van der Waals surface area contributed by atoms with Gasteiger partial charge in [0, 0.05) is 38.5 Å². The van der Waals surface area contributed by atoms with Gasteiger partial charge in [-0.2, -0.15) is 0 Å². The summed E-state index contributed by atoms with van der Waals surface area (Å²) < 4.78 is 28.5. The summed E-state index contributed by atoms with van der Waals surface area (Å²) in [6.07, 6.45) is 4.36. The second-order valence-electron chi connectivity index (χ2n) is 8.14. The molecule has 0 aromatic heterocycles. The van der Waals surface area contributed by atoms with Gasteiger partial charge in [-0.25, -0.2) is 9.59 Å². The third-order valence-corrected chi connectivity index (χ3v) is 8.47. The normalized spacial score (nSPS) is 11.6. The molecule has 2 N–H and O–H groups in total. The molecule has 0 saturated heterocycles. The van der Waals surface area contributed by atoms with Crippen molar-refractivity contribution in [3.05, 3.63) is 48.0 Å². The Morgan fingerprint density at radius 1 is 0.892 bits per heavy atom. The number of carbonyl (C=O) groups is 2. The molecule has 9 nitrogen and oxygen atoms in total. The smallest absolute Gasteiger partial charge is 0.494 e. The fraction of sp³-hybridized carbons (Fsp3) is 0.481. The monoisotopic (exact) mass is 533 g/mol. The average Bonchev–Trinajstić information content (AvgIpc) is 2.87. The largest absolute Gasteiger partial charge is 0.500 e. The van der Waals surface area contributed by atoms with Crippen LogP contribution >= 0.6 is 0 Å². The van der Waals surface area contributed by atoms with Gasteiger partial charge in [-0.15, -0.1) is 0 Å². The number of rotatable bonds is 18. The highest BCUT2D eigenvalue weighted by atomic mass is 28.4. The molecule has 0 unspecified atom stereocenters. The van der Waals surface area contributed by atoms with Crippen LogP contribution in [0.5, 0.6) is 5.75 Å². The predicted molar refractivity (Wildman–Crippen MR) is 145 cm³/mol. The van der Waals surface area contributed by atoms with E-state index in [0.29, 0.717) is 58.5 Å². The van der Waals surface area contributed by atoms with Crippen LogP contribution in [-0.2, 0) is 22.8 Å². The Bertz CT molecular complexity index is 996. The number of ether oxygens (including phenoxy) is 2. The standard InChI is InChI=1S/C27H39NO8Si/c1-4-34-37(35-5-2,36-6-3)19-9-16-28-27(31)33-18-8-7-17-32-25-14-13-23-20-22(11-15-26(29)30)10-12-24(23)21-25/h10-15,20-21H,4-9,16-19H2,1-3H3,(H,28,31)(H,29,30)/b15-11+. The van der Waals surface area contributed by atoms with Gasteiger partial charge in [0.2, 0.25) is 0 Å². The number of carbonyl (C=O) groups excluding carboxylic acids is 1. The number of fused-ring (bicyclic) bond motifs is 1. The van der Waals surface area contributed by atoms with Crippen molar-refractivity contribution in [2.24, 2.45) is 0 Å². The molecule has 37 heavy (non-hydrogen) atoms. The molecule has 2 aromatic carbocycles. The number of nitrogens with one attached hydrogen (secondary N) is 1. The molecule has 0 heterocycles. The van der Waals surface area contributed by atoms with Crippen molar-refractivity contribution in [2.45, 2.75) is 46.1 Å². The van der Waals surface area contributed by atoms with Gasteiger partial charge in [-0.1, -0.05) is 18.2 Å². The van der Waals surface area contributed by atoms with Crippen LogP contribution in [-0.4, -0.2) is 65.6 Å². The van der Waals surface area contributed by atoms with E-state index in [1.165, 1.54) is 0 Å². The van der Waals surface area contributed by atoms with Crippen molar-refractivity contribution >= 4 is 37.7 Å². The van der Waals surface area contributed by atoms with E-state index in [4.69, 9.17) is 27.9 Å². The molecule has 0 spiro atoms. The lowest BCUT2D eigenvalue weighted by molar-refractivity contribution is -0.131. The first-order valence-electron chi connectivity index (χ1n) is 12.8. The van der Waals surface area contributed by atoms with Gasteiger partial charge in [0.05, 0.1) is 13.2 Å². The van der Waals surface area contributed by atoms with Gasteiger partial charge >= 0.3 is 20.9 Å². The topological polar surface area (TPSA) is 113 Å². The Hall–Kier alpha value is -2.92. The SMILES string of the molecule is CCO[Si](CCCNC(=O)OCCCCOc1ccc2cc(/C=C/C(=O)O)ccc2c1)(OCC)OCC. The summed E-state index contributed by atoms with van der Waals surface area (Å²) in [5, 5.41) is 13.5. The Kier molecular flexibility index (Phi) is 13.7. The number of amides is 1. The quantitative estimate of drug-likeness (QED) is 0.152. The van der Waals surface area contributed by atoms with E-state index < -0.39 is 20.9 Å². The molecule has 2 rings (SSSR count). The fourth-order valence-corrected chi connectivity index (χ4v) is 6.32. The Labute approximate surface area is 220 Å². The summed E-state index contributed by atoms with van der Waals surface area (Å²) in [6, 6.07) is 12.1. The van der Waals surface area contributed by atoms with Crippen molar-refractivity contribution < 1.29 is 37.4 Å². The van der Waals surface area contributed by atoms with E-state index in [-0.39, 0.29) is 0 Å². The molecule has 0 aliphatic rings. The molecular formula is C27H39NO8Si. The van der Waals surface area contributed by atoms with Crippen LogP contribution in [0.25, 0.3) is 16.8 Å². The van der Waals surface area contributed by atoms with Crippen LogP contribution in [0.2, 0.25) is 6.04 Å². The third kappa shape index (κ3) is 11.3. The zero-order chi connectivity index (χ0) is 26.9. The average molecular weight is 534 g/mol. The highest BCUT2D eigenvalue weighted by Gasteiger charge is 2.39. The minimum absolute atomic E-state index is 0.315. The number of aliphatic carboxylic acids is 1. The maximum atomic E-state index is 11.9. The Morgan fingerprint density at radius 2 is 1.54 bits per heavy atom. The van der Waals surface area contributed by atoms with Gasteiger partial charge in [0.15, 0.2) is 0 Å². The molecule has 2 aromatic rings. The van der Waals surface area contributed by atoms with Gasteiger partial charge in [-0.05, 0) is 80.6 Å². The van der Waals surface area contributed by atoms with Crippen molar-refractivity contribution in [1.82, 2.24) is 5.32 Å². The van der Waals surface area contributed by atoms with Crippen LogP contribution < -0.4 is 10.1 Å². The second kappa shape index (κ2) is 16.7. The van der Waals surface area contributed by atoms with Gasteiger partial charge in [0.25, 0.3) is 0 Å². The first kappa shape index (κ1) is 30.3. The van der Waals surface area contributed by atoms with Crippen molar-refractivity contribution in [1.29, 1.82) is 0 Å². The first-order chi connectivity index (χ1) is 17.9. The minimum atomic E-state index is -2.69. The molecule has 0 aliphatic heterocycles. The van der Waals surface area contributed by atoms with Crippen LogP contribution in [0.15, 0.2) is 42.5 Å². The number of hydrogen-bond donors (Lipinski definition) is 2. The zero-order valence-electron chi connectivity index (χ0n) is 22.0. The number of carboxylic acids is 1. The van der Waals surface area contributed by atoms with Gasteiger partial charge < -0.3 is 33.2 Å². The molecule has 0 fully saturated rings. The highest BCUT2D eigenvalue weighted by molar-refractivity contribution is 6.60. The first-order valence-corrected chi connectivity index (χ1v) is 14.7. The number of carboxylic acid groups (broad SMARTS) is 1. The summed E-state index contributed by atoms with van der Waals surface area (Å²) in [7, 11) is -2.69. The van der Waals surface area contributed by atoms with Gasteiger partial charge in [-0.3, -0.25) is 0 Å². The molecule has 0 atom stereocenters. The second-order valence-corrected chi connectivity index (χ2v) is 10.9. The number of alkyl carbamates (subject to hydrolysis) is 1. The molecule has 0 bridgehead atoms. The summed E-state index contributed by atoms with van der Waals surface area (Å²) in [5.41, 5.74) is 0.823. The van der Waals surface area contributed by atoms with Crippen LogP contribution in [0, 0.1) is 0 Å². The van der Waals surface area contributed by atoms with Crippen LogP contribution in [0.3, 0.4) is 0 Å². The Balaban J connectivity index is 1.63. The third-order valence-electron chi connectivity index (χ3n) is 5.32. The van der Waals surface area contributed by atoms with Crippen molar-refractivity contribution in [2.75, 3.05) is 39.6 Å². The van der Waals surface area contributed by atoms with E-state index in [2.05, 4.69) is 5.32 Å². The van der Waals surface area contributed by atoms with Crippen molar-refractivity contribution in [3.63, 3.8) is 0 Å². The van der Waals surface area contributed by atoms with Crippen LogP contribution in [0.4, 0.5) is 4.79 Å². The fourth-order valence-electron chi connectivity index (χ4n) is 3.71. The van der Waals surface area contributed by atoms with E-state index in [9.17, 15) is 9.59 Å². The lowest BCUT2D eigenvalue weighted by atomic mass is 10.1. The molecule has 204 valence electrons. The highest BCUT2D eigenvalue weighted by Crippen LogP contribution is 2.23. The van der Waals surface area contributed by atoms with E-state index in [1.54, 1.807) is 6.08 Å². The summed E-state index contributed by atoms with van der Waals surface area (Å²) in [6.45, 7) is 8.63. The number of unbranched alkanes of at least 4 members (excludes halogenated alkanes) is 1. The van der Waals surface area contributed by atoms with Crippen molar-refractivity contribution in [3.8, 4) is 5.75 Å². The van der Waals surface area contributed by atoms with Gasteiger partial charge in [0.1, 0.15) is 5.75 Å². The molecular weight excluding hydrogens is 494 g/mol. The molecule has 0 saturated carbocycles. The molecule has 1 amide bonds. The zero-order valence-corrected chi connectivity index (χ0v) is 23.0. The summed E-state index contributed by atoms with van der Waals surface area (Å²) in [5.74, 6) is -0.220. The predicted octanol–water partition coefficient (Wildman–Crippen LogP) is 5.26. The molecule has 0 aliphatic carbocycles. The minimum Gasteiger partial charge on any atom is -0.494 e. The lowest BCUT2D eigenvalue weighted by Crippen LogP contribution is -2.46. The van der Waals surface area contributed by atoms with Crippen LogP contribution in [0.1, 0.15) is 45.6 Å². The van der Waals surface area contributed by atoms with E-state index in [0.717, 1.165) is 34.6 Å². The molecule has 10 heteroatoms. The maximum absolute atomic E-state index is 11.9. The Morgan fingerprint density at radius 3 is 2.22 bits per heavy atom.